The smallest absolute Gasteiger partial charge is 0.261 e. The van der Waals surface area contributed by atoms with Gasteiger partial charge < -0.3 is 5.32 Å². The predicted molar refractivity (Wildman–Crippen MR) is 90.9 cm³/mol. The lowest BCUT2D eigenvalue weighted by Gasteiger charge is -2.02. The second-order valence-electron chi connectivity index (χ2n) is 5.27. The number of fused-ring (bicyclic) bond motifs is 1. The molecule has 3 aromatic rings. The summed E-state index contributed by atoms with van der Waals surface area (Å²) in [4.78, 5) is 14.0. The zero-order valence-electron chi connectivity index (χ0n) is 12.8. The summed E-state index contributed by atoms with van der Waals surface area (Å²) in [7, 11) is 0. The van der Waals surface area contributed by atoms with Crippen molar-refractivity contribution in [1.82, 2.24) is 15.1 Å². The third kappa shape index (κ3) is 2.76. The van der Waals surface area contributed by atoms with E-state index < -0.39 is 0 Å². The summed E-state index contributed by atoms with van der Waals surface area (Å²) in [6.07, 6.45) is 2.09. The van der Waals surface area contributed by atoms with Gasteiger partial charge in [0.05, 0.1) is 16.3 Å². The van der Waals surface area contributed by atoms with Gasteiger partial charge in [-0.25, -0.2) is 4.68 Å². The van der Waals surface area contributed by atoms with Gasteiger partial charge in [-0.3, -0.25) is 4.79 Å². The Morgan fingerprint density at radius 3 is 2.82 bits per heavy atom. The Morgan fingerprint density at radius 2 is 2.09 bits per heavy atom. The first-order valence-electron chi connectivity index (χ1n) is 7.53. The van der Waals surface area contributed by atoms with Crippen LogP contribution < -0.4 is 5.32 Å². The van der Waals surface area contributed by atoms with Crippen LogP contribution in [-0.4, -0.2) is 22.2 Å². The van der Waals surface area contributed by atoms with Crippen molar-refractivity contribution >= 4 is 27.5 Å². The fourth-order valence-corrected chi connectivity index (χ4v) is 3.47. The number of para-hydroxylation sites is 1. The zero-order chi connectivity index (χ0) is 15.5. The molecule has 114 valence electrons. The Bertz CT molecular complexity index is 789. The number of rotatable bonds is 5. The monoisotopic (exact) mass is 313 g/mol. The predicted octanol–water partition coefficient (Wildman–Crippen LogP) is 3.93. The molecule has 0 unspecified atom stereocenters. The fourth-order valence-electron chi connectivity index (χ4n) is 2.37. The van der Waals surface area contributed by atoms with E-state index in [1.54, 1.807) is 0 Å². The third-order valence-electron chi connectivity index (χ3n) is 3.59. The van der Waals surface area contributed by atoms with E-state index in [0.29, 0.717) is 0 Å². The molecule has 1 N–H and O–H groups in total. The number of carbonyl (C=O) groups is 1. The van der Waals surface area contributed by atoms with Crippen molar-refractivity contribution in [2.75, 3.05) is 6.54 Å². The summed E-state index contributed by atoms with van der Waals surface area (Å²) in [5.74, 6) is 0.00802. The number of aryl methyl sites for hydroxylation is 1. The van der Waals surface area contributed by atoms with Crippen LogP contribution in [0, 0.1) is 6.92 Å². The van der Waals surface area contributed by atoms with Gasteiger partial charge in [-0.2, -0.15) is 5.10 Å². The molecule has 0 fully saturated rings. The summed E-state index contributed by atoms with van der Waals surface area (Å²) >= 11 is 1.49. The van der Waals surface area contributed by atoms with Gasteiger partial charge in [-0.1, -0.05) is 31.5 Å². The van der Waals surface area contributed by atoms with Crippen molar-refractivity contribution in [1.29, 1.82) is 0 Å². The van der Waals surface area contributed by atoms with Crippen LogP contribution in [0.1, 0.15) is 35.1 Å². The molecule has 0 aliphatic rings. The molecule has 2 aromatic heterocycles. The van der Waals surface area contributed by atoms with Gasteiger partial charge >= 0.3 is 0 Å². The van der Waals surface area contributed by atoms with E-state index in [1.807, 2.05) is 48.0 Å². The Kier molecular flexibility index (Phi) is 4.24. The summed E-state index contributed by atoms with van der Waals surface area (Å²) in [5.41, 5.74) is 1.96. The maximum atomic E-state index is 12.2. The van der Waals surface area contributed by atoms with Gasteiger partial charge in [0.25, 0.3) is 5.91 Å². The molecular formula is C17H19N3OS. The van der Waals surface area contributed by atoms with E-state index >= 15 is 0 Å². The molecule has 0 aliphatic heterocycles. The number of benzene rings is 1. The van der Waals surface area contributed by atoms with Crippen LogP contribution in [0.15, 0.2) is 36.4 Å². The van der Waals surface area contributed by atoms with E-state index in [4.69, 9.17) is 0 Å². The van der Waals surface area contributed by atoms with Crippen LogP contribution in [-0.2, 0) is 0 Å². The normalized spacial score (nSPS) is 11.0. The number of hydrogen-bond donors (Lipinski definition) is 1. The number of unbranched alkanes of at least 4 members (excludes halogenated alkanes) is 1. The van der Waals surface area contributed by atoms with Gasteiger partial charge in [0, 0.05) is 11.9 Å². The van der Waals surface area contributed by atoms with E-state index in [9.17, 15) is 4.79 Å². The first-order valence-corrected chi connectivity index (χ1v) is 8.35. The van der Waals surface area contributed by atoms with Gasteiger partial charge in [0.2, 0.25) is 0 Å². The van der Waals surface area contributed by atoms with Gasteiger partial charge in [-0.05, 0) is 31.5 Å². The lowest BCUT2D eigenvalue weighted by atomic mass is 10.3. The Labute approximate surface area is 133 Å². The highest BCUT2D eigenvalue weighted by molar-refractivity contribution is 7.20. The molecule has 0 saturated carbocycles. The SMILES string of the molecule is CCCCNC(=O)c1cc2c(C)nn(-c3ccccc3)c2s1. The molecule has 22 heavy (non-hydrogen) atoms. The molecule has 0 spiro atoms. The summed E-state index contributed by atoms with van der Waals surface area (Å²) in [5, 5.41) is 8.61. The highest BCUT2D eigenvalue weighted by Crippen LogP contribution is 2.30. The van der Waals surface area contributed by atoms with Crippen molar-refractivity contribution in [3.05, 3.63) is 47.0 Å². The fraction of sp³-hybridized carbons (Fsp3) is 0.294. The Hall–Kier alpha value is -2.14. The molecule has 5 heteroatoms. The van der Waals surface area contributed by atoms with Crippen LogP contribution in [0.3, 0.4) is 0 Å². The molecule has 1 aromatic carbocycles. The van der Waals surface area contributed by atoms with Crippen LogP contribution in [0.4, 0.5) is 0 Å². The maximum Gasteiger partial charge on any atom is 0.261 e. The maximum absolute atomic E-state index is 12.2. The molecule has 2 heterocycles. The highest BCUT2D eigenvalue weighted by Gasteiger charge is 2.16. The zero-order valence-corrected chi connectivity index (χ0v) is 13.6. The second-order valence-corrected chi connectivity index (χ2v) is 6.30. The first kappa shape index (κ1) is 14.8. The average molecular weight is 313 g/mol. The Balaban J connectivity index is 1.95. The molecule has 0 saturated heterocycles. The number of nitrogens with zero attached hydrogens (tertiary/aromatic N) is 2. The number of nitrogens with one attached hydrogen (secondary N) is 1. The number of thiophene rings is 1. The summed E-state index contributed by atoms with van der Waals surface area (Å²) in [6.45, 7) is 4.82. The first-order chi connectivity index (χ1) is 10.7. The molecule has 3 rings (SSSR count). The second kappa shape index (κ2) is 6.32. The highest BCUT2D eigenvalue weighted by atomic mass is 32.1. The van der Waals surface area contributed by atoms with Gasteiger partial charge in [0.15, 0.2) is 0 Å². The van der Waals surface area contributed by atoms with E-state index in [1.165, 1.54) is 11.3 Å². The lowest BCUT2D eigenvalue weighted by molar-refractivity contribution is 0.0957. The van der Waals surface area contributed by atoms with E-state index in [0.717, 1.165) is 45.9 Å². The topological polar surface area (TPSA) is 46.9 Å². The molecule has 0 atom stereocenters. The van der Waals surface area contributed by atoms with Gasteiger partial charge in [-0.15, -0.1) is 11.3 Å². The number of aromatic nitrogens is 2. The number of carbonyl (C=O) groups excluding carboxylic acids is 1. The van der Waals surface area contributed by atoms with Gasteiger partial charge in [0.1, 0.15) is 4.83 Å². The third-order valence-corrected chi connectivity index (χ3v) is 4.69. The van der Waals surface area contributed by atoms with Crippen LogP contribution in [0.2, 0.25) is 0 Å². The Morgan fingerprint density at radius 1 is 1.32 bits per heavy atom. The van der Waals surface area contributed by atoms with Crippen molar-refractivity contribution < 1.29 is 4.79 Å². The summed E-state index contributed by atoms with van der Waals surface area (Å²) in [6, 6.07) is 12.0. The van der Waals surface area contributed by atoms with Crippen molar-refractivity contribution in [3.8, 4) is 5.69 Å². The minimum Gasteiger partial charge on any atom is -0.351 e. The minimum atomic E-state index is 0.00802. The minimum absolute atomic E-state index is 0.00802. The molecule has 1 amide bonds. The average Bonchev–Trinajstić information content (AvgIpc) is 3.09. The molecular weight excluding hydrogens is 294 g/mol. The van der Waals surface area contributed by atoms with E-state index in [2.05, 4.69) is 17.3 Å². The molecule has 0 bridgehead atoms. The molecule has 4 nitrogen and oxygen atoms in total. The van der Waals surface area contributed by atoms with Crippen molar-refractivity contribution in [2.45, 2.75) is 26.7 Å². The molecule has 0 aliphatic carbocycles. The van der Waals surface area contributed by atoms with Crippen molar-refractivity contribution in [2.24, 2.45) is 0 Å². The van der Waals surface area contributed by atoms with Crippen LogP contribution in [0.5, 0.6) is 0 Å². The van der Waals surface area contributed by atoms with Crippen LogP contribution >= 0.6 is 11.3 Å². The number of amides is 1. The lowest BCUT2D eigenvalue weighted by Crippen LogP contribution is -2.23. The summed E-state index contributed by atoms with van der Waals surface area (Å²) < 4.78 is 1.91. The number of hydrogen-bond acceptors (Lipinski definition) is 3. The quantitative estimate of drug-likeness (QED) is 0.726. The molecule has 0 radical (unpaired) electrons. The van der Waals surface area contributed by atoms with Crippen molar-refractivity contribution in [3.63, 3.8) is 0 Å². The van der Waals surface area contributed by atoms with E-state index in [-0.39, 0.29) is 5.91 Å². The standard InChI is InChI=1S/C17H19N3OS/c1-3-4-10-18-16(21)15-11-14-12(2)19-20(17(14)22-15)13-8-6-5-7-9-13/h5-9,11H,3-4,10H2,1-2H3,(H,18,21). The largest absolute Gasteiger partial charge is 0.351 e. The van der Waals surface area contributed by atoms with Crippen LogP contribution in [0.25, 0.3) is 15.9 Å².